The van der Waals surface area contributed by atoms with E-state index in [-0.39, 0.29) is 12.6 Å². The van der Waals surface area contributed by atoms with E-state index in [1.807, 2.05) is 21.9 Å². The van der Waals surface area contributed by atoms with Crippen molar-refractivity contribution >= 4 is 34.5 Å². The minimum absolute atomic E-state index is 0.0908. The molecular weight excluding hydrogens is 358 g/mol. The van der Waals surface area contributed by atoms with Crippen molar-refractivity contribution in [2.75, 3.05) is 32.8 Å². The molecular formula is C18H22ClN3O2S. The number of carbonyl (C=O) groups is 1. The highest BCUT2D eigenvalue weighted by Crippen LogP contribution is 2.33. The largest absolute Gasteiger partial charge is 0.396 e. The first-order valence-electron chi connectivity index (χ1n) is 8.65. The number of thiophene rings is 1. The number of carbonyl (C=O) groups excluding carboxylic acids is 1. The van der Waals surface area contributed by atoms with E-state index in [0.29, 0.717) is 28.9 Å². The smallest absolute Gasteiger partial charge is 0.320 e. The van der Waals surface area contributed by atoms with Crippen LogP contribution in [-0.4, -0.2) is 53.7 Å². The molecule has 3 heterocycles. The van der Waals surface area contributed by atoms with E-state index in [2.05, 4.69) is 6.07 Å². The van der Waals surface area contributed by atoms with Crippen LogP contribution < -0.4 is 0 Å². The fraction of sp³-hybridized carbons (Fsp3) is 0.556. The number of allylic oxidation sites excluding steroid dienone is 1. The van der Waals surface area contributed by atoms with Crippen LogP contribution in [0.2, 0.25) is 4.34 Å². The molecule has 2 saturated heterocycles. The number of likely N-dealkylation sites (tertiary alicyclic amines) is 2. The molecule has 25 heavy (non-hydrogen) atoms. The molecule has 0 atom stereocenters. The Balaban J connectivity index is 1.61. The highest BCUT2D eigenvalue weighted by atomic mass is 35.5. The number of piperidine rings is 2. The lowest BCUT2D eigenvalue weighted by molar-refractivity contribution is 0.112. The monoisotopic (exact) mass is 379 g/mol. The maximum Gasteiger partial charge on any atom is 0.320 e. The van der Waals surface area contributed by atoms with Gasteiger partial charge in [-0.3, -0.25) is 0 Å². The molecule has 1 aromatic rings. The van der Waals surface area contributed by atoms with Crippen molar-refractivity contribution in [3.63, 3.8) is 0 Å². The number of nitrogens with zero attached hydrogens (tertiary/aromatic N) is 3. The molecule has 0 saturated carbocycles. The molecule has 5 nitrogen and oxygen atoms in total. The van der Waals surface area contributed by atoms with Crippen LogP contribution in [-0.2, 0) is 0 Å². The summed E-state index contributed by atoms with van der Waals surface area (Å²) < 4.78 is 0.683. The fourth-order valence-corrected chi connectivity index (χ4v) is 4.57. The van der Waals surface area contributed by atoms with Crippen LogP contribution in [0.3, 0.4) is 0 Å². The van der Waals surface area contributed by atoms with E-state index < -0.39 is 0 Å². The molecule has 134 valence electrons. The first kappa shape index (κ1) is 18.2. The number of halogens is 1. The number of urea groups is 1. The minimum atomic E-state index is 0.0908. The van der Waals surface area contributed by atoms with Gasteiger partial charge < -0.3 is 14.9 Å². The summed E-state index contributed by atoms with van der Waals surface area (Å²) in [7, 11) is 0. The zero-order valence-electron chi connectivity index (χ0n) is 14.1. The molecule has 0 aromatic carbocycles. The van der Waals surface area contributed by atoms with Gasteiger partial charge in [-0.25, -0.2) is 4.79 Å². The SMILES string of the molecule is N#CC(=C1CCN(C(=O)N2CCC(CO)CC2)CC1)c1ccc(Cl)s1. The summed E-state index contributed by atoms with van der Waals surface area (Å²) in [5.41, 5.74) is 1.83. The van der Waals surface area contributed by atoms with Crippen LogP contribution in [0.25, 0.3) is 5.57 Å². The van der Waals surface area contributed by atoms with Crippen molar-refractivity contribution < 1.29 is 9.90 Å². The van der Waals surface area contributed by atoms with Crippen molar-refractivity contribution in [3.8, 4) is 6.07 Å². The van der Waals surface area contributed by atoms with E-state index in [9.17, 15) is 15.2 Å². The number of amides is 2. The molecule has 3 rings (SSSR count). The van der Waals surface area contributed by atoms with E-state index in [4.69, 9.17) is 11.6 Å². The maximum absolute atomic E-state index is 12.7. The van der Waals surface area contributed by atoms with Gasteiger partial charge in [0.15, 0.2) is 0 Å². The lowest BCUT2D eigenvalue weighted by Gasteiger charge is -2.37. The summed E-state index contributed by atoms with van der Waals surface area (Å²) in [5.74, 6) is 0.329. The number of hydrogen-bond acceptors (Lipinski definition) is 4. The Kier molecular flexibility index (Phi) is 6.00. The molecule has 1 aromatic heterocycles. The van der Waals surface area contributed by atoms with Crippen molar-refractivity contribution in [1.82, 2.24) is 9.80 Å². The van der Waals surface area contributed by atoms with Crippen LogP contribution in [0.15, 0.2) is 17.7 Å². The van der Waals surface area contributed by atoms with Gasteiger partial charge in [0.25, 0.3) is 0 Å². The zero-order chi connectivity index (χ0) is 17.8. The maximum atomic E-state index is 12.7. The van der Waals surface area contributed by atoms with Crippen LogP contribution in [0, 0.1) is 17.2 Å². The molecule has 2 aliphatic heterocycles. The van der Waals surface area contributed by atoms with Gasteiger partial charge in [0, 0.05) is 37.7 Å². The Morgan fingerprint density at radius 2 is 1.88 bits per heavy atom. The highest BCUT2D eigenvalue weighted by molar-refractivity contribution is 7.17. The van der Waals surface area contributed by atoms with Crippen molar-refractivity contribution in [2.24, 2.45) is 5.92 Å². The van der Waals surface area contributed by atoms with Crippen LogP contribution >= 0.6 is 22.9 Å². The van der Waals surface area contributed by atoms with Crippen molar-refractivity contribution in [2.45, 2.75) is 25.7 Å². The van der Waals surface area contributed by atoms with Gasteiger partial charge in [0.2, 0.25) is 0 Å². The van der Waals surface area contributed by atoms with Gasteiger partial charge in [-0.05, 0) is 49.3 Å². The summed E-state index contributed by atoms with van der Waals surface area (Å²) in [6, 6.07) is 6.11. The Bertz CT molecular complexity index is 691. The highest BCUT2D eigenvalue weighted by Gasteiger charge is 2.28. The third kappa shape index (κ3) is 4.17. The Labute approximate surface area is 157 Å². The predicted octanol–water partition coefficient (Wildman–Crippen LogP) is 3.60. The minimum Gasteiger partial charge on any atom is -0.396 e. The number of rotatable bonds is 2. The topological polar surface area (TPSA) is 67.6 Å². The molecule has 0 bridgehead atoms. The van der Waals surface area contributed by atoms with Gasteiger partial charge in [-0.2, -0.15) is 5.26 Å². The summed E-state index contributed by atoms with van der Waals surface area (Å²) in [5, 5.41) is 18.7. The van der Waals surface area contributed by atoms with E-state index in [0.717, 1.165) is 49.2 Å². The van der Waals surface area contributed by atoms with Gasteiger partial charge >= 0.3 is 6.03 Å². The Morgan fingerprint density at radius 1 is 1.24 bits per heavy atom. The molecule has 7 heteroatoms. The van der Waals surface area contributed by atoms with Crippen molar-refractivity contribution in [1.29, 1.82) is 5.26 Å². The Morgan fingerprint density at radius 3 is 2.40 bits per heavy atom. The average molecular weight is 380 g/mol. The number of nitriles is 1. The van der Waals surface area contributed by atoms with Gasteiger partial charge in [-0.15, -0.1) is 11.3 Å². The molecule has 2 fully saturated rings. The van der Waals surface area contributed by atoms with E-state index >= 15 is 0 Å². The first-order valence-corrected chi connectivity index (χ1v) is 9.84. The summed E-state index contributed by atoms with van der Waals surface area (Å²) >= 11 is 7.41. The van der Waals surface area contributed by atoms with Gasteiger partial charge in [0.1, 0.15) is 6.07 Å². The number of aliphatic hydroxyl groups excluding tert-OH is 1. The molecule has 2 aliphatic rings. The second-order valence-corrected chi connectivity index (χ2v) is 8.29. The van der Waals surface area contributed by atoms with Crippen LogP contribution in [0.5, 0.6) is 0 Å². The zero-order valence-corrected chi connectivity index (χ0v) is 15.7. The second-order valence-electron chi connectivity index (χ2n) is 6.58. The molecule has 0 unspecified atom stereocenters. The third-order valence-electron chi connectivity index (χ3n) is 5.07. The predicted molar refractivity (Wildman–Crippen MR) is 99.4 cm³/mol. The molecule has 1 N–H and O–H groups in total. The van der Waals surface area contributed by atoms with Crippen LogP contribution in [0.4, 0.5) is 4.79 Å². The Hall–Kier alpha value is -1.55. The summed E-state index contributed by atoms with van der Waals surface area (Å²) in [4.78, 5) is 17.4. The average Bonchev–Trinajstić information content (AvgIpc) is 3.08. The van der Waals surface area contributed by atoms with Gasteiger partial charge in [0.05, 0.1) is 9.91 Å². The van der Waals surface area contributed by atoms with Gasteiger partial charge in [-0.1, -0.05) is 11.6 Å². The van der Waals surface area contributed by atoms with E-state index in [1.165, 1.54) is 11.3 Å². The molecule has 2 amide bonds. The lowest BCUT2D eigenvalue weighted by atomic mass is 9.97. The summed E-state index contributed by atoms with van der Waals surface area (Å²) in [6.45, 7) is 2.96. The summed E-state index contributed by atoms with van der Waals surface area (Å²) in [6.07, 6.45) is 3.21. The molecule has 0 spiro atoms. The second kappa shape index (κ2) is 8.22. The first-order chi connectivity index (χ1) is 12.1. The normalized spacial score (nSPS) is 19.0. The molecule has 0 radical (unpaired) electrons. The number of hydrogen-bond donors (Lipinski definition) is 1. The lowest BCUT2D eigenvalue weighted by Crippen LogP contribution is -2.48. The standard InChI is InChI=1S/C18H22ClN3O2S/c19-17-2-1-16(25-17)15(11-20)14-5-9-22(10-6-14)18(24)21-7-3-13(12-23)4-8-21/h1-2,13,23H,3-10,12H2. The fourth-order valence-electron chi connectivity index (χ4n) is 3.48. The van der Waals surface area contributed by atoms with E-state index in [1.54, 1.807) is 0 Å². The van der Waals surface area contributed by atoms with Crippen molar-refractivity contribution in [3.05, 3.63) is 26.9 Å². The van der Waals surface area contributed by atoms with Crippen LogP contribution in [0.1, 0.15) is 30.6 Å². The number of aliphatic hydroxyl groups is 1. The quantitative estimate of drug-likeness (QED) is 0.798. The molecule has 0 aliphatic carbocycles. The third-order valence-corrected chi connectivity index (χ3v) is 6.31.